The highest BCUT2D eigenvalue weighted by Crippen LogP contribution is 2.39. The maximum atomic E-state index is 6.67. The van der Waals surface area contributed by atoms with Crippen LogP contribution in [-0.2, 0) is 0 Å². The minimum absolute atomic E-state index is 0.944. The first-order valence-electron chi connectivity index (χ1n) is 9.96. The van der Waals surface area contributed by atoms with E-state index < -0.39 is 0 Å². The fraction of sp³-hybridized carbons (Fsp3) is 0.0741. The molecule has 29 heavy (non-hydrogen) atoms. The highest BCUT2D eigenvalue weighted by Gasteiger charge is 2.23. The molecule has 6 rings (SSSR count). The number of nitrogens with zero attached hydrogens (tertiary/aromatic N) is 1. The van der Waals surface area contributed by atoms with Gasteiger partial charge in [0.2, 0.25) is 5.58 Å². The van der Waals surface area contributed by atoms with E-state index in [0.29, 0.717) is 0 Å². The average Bonchev–Trinajstić information content (AvgIpc) is 3.13. The van der Waals surface area contributed by atoms with Gasteiger partial charge in [-0.05, 0) is 35.2 Å². The summed E-state index contributed by atoms with van der Waals surface area (Å²) < 4.78 is 8.90. The monoisotopic (exact) mass is 374 g/mol. The summed E-state index contributed by atoms with van der Waals surface area (Å²) >= 11 is 0. The van der Waals surface area contributed by atoms with E-state index >= 15 is 0 Å². The molecule has 0 aliphatic carbocycles. The van der Waals surface area contributed by atoms with E-state index in [9.17, 15) is 0 Å². The Hall–Kier alpha value is -3.65. The third-order valence-electron chi connectivity index (χ3n) is 5.99. The molecule has 2 heterocycles. The molecule has 2 aromatic heterocycles. The topological polar surface area (TPSA) is 17.0 Å². The van der Waals surface area contributed by atoms with Crippen molar-refractivity contribution in [3.8, 4) is 5.69 Å². The van der Waals surface area contributed by atoms with Crippen molar-refractivity contribution in [1.82, 2.24) is 0 Å². The van der Waals surface area contributed by atoms with Crippen molar-refractivity contribution >= 4 is 43.5 Å². The zero-order valence-electron chi connectivity index (χ0n) is 16.4. The highest BCUT2D eigenvalue weighted by molar-refractivity contribution is 6.23. The standard InChI is InChI=1S/C27H20NO/c1-17-10-14-23-22-15-13-20-12-11-19-8-3-4-9-21(19)24(20)26(22)29-27(23)25(17)28-16-6-5-7-18(28)2/h3-16H,1-2H3/q+1. The molecular weight excluding hydrogens is 354 g/mol. The van der Waals surface area contributed by atoms with Gasteiger partial charge in [-0.3, -0.25) is 0 Å². The Labute approximate surface area is 168 Å². The van der Waals surface area contributed by atoms with E-state index in [1.54, 1.807) is 0 Å². The van der Waals surface area contributed by atoms with E-state index in [4.69, 9.17) is 4.42 Å². The first-order valence-corrected chi connectivity index (χ1v) is 9.96. The van der Waals surface area contributed by atoms with Crippen molar-refractivity contribution in [2.75, 3.05) is 0 Å². The Kier molecular flexibility index (Phi) is 3.33. The molecular formula is C27H20NO+. The quantitative estimate of drug-likeness (QED) is 0.229. The maximum Gasteiger partial charge on any atom is 0.257 e. The van der Waals surface area contributed by atoms with Crippen molar-refractivity contribution in [2.45, 2.75) is 13.8 Å². The first kappa shape index (κ1) is 16.3. The molecule has 0 fully saturated rings. The number of fused-ring (bicyclic) bond motifs is 7. The lowest BCUT2D eigenvalue weighted by Gasteiger charge is -2.04. The molecule has 0 spiro atoms. The Morgan fingerprint density at radius 2 is 1.34 bits per heavy atom. The Morgan fingerprint density at radius 1 is 0.621 bits per heavy atom. The van der Waals surface area contributed by atoms with E-state index in [1.165, 1.54) is 38.2 Å². The van der Waals surface area contributed by atoms with E-state index in [-0.39, 0.29) is 0 Å². The van der Waals surface area contributed by atoms with Crippen LogP contribution in [0.25, 0.3) is 49.2 Å². The second-order valence-corrected chi connectivity index (χ2v) is 7.75. The van der Waals surface area contributed by atoms with E-state index in [1.807, 2.05) is 0 Å². The molecule has 0 aliphatic heterocycles. The number of aryl methyl sites for hydroxylation is 2. The third-order valence-corrected chi connectivity index (χ3v) is 5.99. The summed E-state index contributed by atoms with van der Waals surface area (Å²) in [7, 11) is 0. The van der Waals surface area contributed by atoms with Crippen molar-refractivity contribution in [3.05, 3.63) is 96.3 Å². The average molecular weight is 374 g/mol. The van der Waals surface area contributed by atoms with Crippen LogP contribution >= 0.6 is 0 Å². The number of hydrogen-bond donors (Lipinski definition) is 0. The Morgan fingerprint density at radius 3 is 2.24 bits per heavy atom. The first-order chi connectivity index (χ1) is 14.2. The third kappa shape index (κ3) is 2.26. The largest absolute Gasteiger partial charge is 0.448 e. The van der Waals surface area contributed by atoms with E-state index in [2.05, 4.69) is 103 Å². The van der Waals surface area contributed by atoms with Crippen LogP contribution < -0.4 is 4.57 Å². The number of hydrogen-bond acceptors (Lipinski definition) is 1. The van der Waals surface area contributed by atoms with Gasteiger partial charge in [0, 0.05) is 40.8 Å². The Bertz CT molecular complexity index is 1570. The summed E-state index contributed by atoms with van der Waals surface area (Å²) in [5.41, 5.74) is 5.41. The molecule has 0 amide bonds. The summed E-state index contributed by atoms with van der Waals surface area (Å²) in [6.07, 6.45) is 2.11. The van der Waals surface area contributed by atoms with Gasteiger partial charge in [-0.1, -0.05) is 54.6 Å². The zero-order valence-corrected chi connectivity index (χ0v) is 16.4. The van der Waals surface area contributed by atoms with Crippen molar-refractivity contribution in [3.63, 3.8) is 0 Å². The predicted octanol–water partition coefficient (Wildman–Crippen LogP) is 6.79. The molecule has 0 atom stereocenters. The molecule has 0 N–H and O–H groups in total. The fourth-order valence-electron chi connectivity index (χ4n) is 4.55. The molecule has 6 aromatic rings. The number of aromatic nitrogens is 1. The fourth-order valence-corrected chi connectivity index (χ4v) is 4.55. The molecule has 0 saturated heterocycles. The molecule has 4 aromatic carbocycles. The van der Waals surface area contributed by atoms with Gasteiger partial charge in [0.25, 0.3) is 5.69 Å². The molecule has 0 aliphatic rings. The lowest BCUT2D eigenvalue weighted by atomic mass is 9.99. The SMILES string of the molecule is Cc1ccc2c(oc3c2ccc2ccc4ccccc4c23)c1-[n+]1ccccc1C. The van der Waals surface area contributed by atoms with Crippen LogP contribution in [0.3, 0.4) is 0 Å². The second-order valence-electron chi connectivity index (χ2n) is 7.75. The lowest BCUT2D eigenvalue weighted by molar-refractivity contribution is -0.602. The van der Waals surface area contributed by atoms with Gasteiger partial charge in [-0.15, -0.1) is 0 Å². The number of benzene rings is 4. The van der Waals surface area contributed by atoms with Crippen molar-refractivity contribution in [1.29, 1.82) is 0 Å². The van der Waals surface area contributed by atoms with E-state index in [0.717, 1.165) is 22.2 Å². The van der Waals surface area contributed by atoms with Gasteiger partial charge in [0.1, 0.15) is 5.58 Å². The van der Waals surface area contributed by atoms with Gasteiger partial charge < -0.3 is 4.42 Å². The van der Waals surface area contributed by atoms with Crippen LogP contribution in [-0.4, -0.2) is 0 Å². The summed E-state index contributed by atoms with van der Waals surface area (Å²) in [4.78, 5) is 0. The van der Waals surface area contributed by atoms with Crippen LogP contribution in [0.5, 0.6) is 0 Å². The summed E-state index contributed by atoms with van der Waals surface area (Å²) in [6, 6.07) is 28.0. The highest BCUT2D eigenvalue weighted by atomic mass is 16.3. The van der Waals surface area contributed by atoms with Crippen LogP contribution in [0.4, 0.5) is 0 Å². The van der Waals surface area contributed by atoms with Crippen LogP contribution in [0.2, 0.25) is 0 Å². The summed E-state index contributed by atoms with van der Waals surface area (Å²) in [5, 5.41) is 7.19. The van der Waals surface area contributed by atoms with Gasteiger partial charge in [-0.2, -0.15) is 4.57 Å². The second kappa shape index (κ2) is 5.92. The molecule has 2 heteroatoms. The van der Waals surface area contributed by atoms with Gasteiger partial charge in [0.15, 0.2) is 11.9 Å². The minimum atomic E-state index is 0.944. The van der Waals surface area contributed by atoms with Gasteiger partial charge >= 0.3 is 0 Å². The van der Waals surface area contributed by atoms with Crippen molar-refractivity contribution < 1.29 is 8.98 Å². The Balaban J connectivity index is 1.83. The molecule has 2 nitrogen and oxygen atoms in total. The maximum absolute atomic E-state index is 6.67. The van der Waals surface area contributed by atoms with Crippen molar-refractivity contribution in [2.24, 2.45) is 0 Å². The molecule has 0 unspecified atom stereocenters. The number of furan rings is 1. The van der Waals surface area contributed by atoms with Crippen LogP contribution in [0, 0.1) is 13.8 Å². The summed E-state index contributed by atoms with van der Waals surface area (Å²) in [6.45, 7) is 4.28. The molecule has 138 valence electrons. The zero-order chi connectivity index (χ0) is 19.5. The number of pyridine rings is 1. The molecule has 0 saturated carbocycles. The molecule has 0 bridgehead atoms. The number of rotatable bonds is 1. The van der Waals surface area contributed by atoms with Gasteiger partial charge in [-0.25, -0.2) is 0 Å². The smallest absolute Gasteiger partial charge is 0.257 e. The van der Waals surface area contributed by atoms with Crippen LogP contribution in [0.1, 0.15) is 11.3 Å². The van der Waals surface area contributed by atoms with Crippen LogP contribution in [0.15, 0.2) is 89.5 Å². The predicted molar refractivity (Wildman–Crippen MR) is 120 cm³/mol. The lowest BCUT2D eigenvalue weighted by Crippen LogP contribution is -2.34. The molecule has 0 radical (unpaired) electrons. The normalized spacial score (nSPS) is 11.8. The van der Waals surface area contributed by atoms with Gasteiger partial charge in [0.05, 0.1) is 0 Å². The summed E-state index contributed by atoms with van der Waals surface area (Å²) in [5.74, 6) is 0. The minimum Gasteiger partial charge on any atom is -0.448 e.